The number of fused-ring (bicyclic) bond motifs is 3. The molecule has 2 aromatic heterocycles. The molecule has 0 amide bonds. The minimum absolute atomic E-state index is 0.105. The van der Waals surface area contributed by atoms with Gasteiger partial charge in [-0.1, -0.05) is 29.3 Å². The quantitative estimate of drug-likeness (QED) is 0.223. The third kappa shape index (κ3) is 4.84. The number of carboxylic acids is 1. The largest absolute Gasteiger partial charge is 0.478 e. The van der Waals surface area contributed by atoms with Crippen LogP contribution >= 0.6 is 23.2 Å². The van der Waals surface area contributed by atoms with E-state index in [0.29, 0.717) is 58.1 Å². The van der Waals surface area contributed by atoms with Crippen LogP contribution in [0.2, 0.25) is 10.0 Å². The van der Waals surface area contributed by atoms with Gasteiger partial charge in [0, 0.05) is 56.7 Å². The molecule has 12 heteroatoms. The smallest absolute Gasteiger partial charge is 0.335 e. The molecular formula is C34H32Cl2N6O4. The van der Waals surface area contributed by atoms with Crippen molar-refractivity contribution in [2.45, 2.75) is 70.0 Å². The highest BCUT2D eigenvalue weighted by atomic mass is 35.5. The van der Waals surface area contributed by atoms with Crippen LogP contribution < -0.4 is 14.4 Å². The summed E-state index contributed by atoms with van der Waals surface area (Å²) in [6.07, 6.45) is 6.10. The average molecular weight is 660 g/mol. The Hall–Kier alpha value is -4.04. The number of aromatic nitrogens is 3. The number of aromatic carboxylic acids is 1. The summed E-state index contributed by atoms with van der Waals surface area (Å²) in [6.45, 7) is 4.70. The SMILES string of the molecule is C[C@@]1(c2ccc(Cl)cn2)Oc2cccc(N3CCN(Cc4nc5c(Cl)cc(C(=O)O)cc5n4CC4(CC#N)CC4)[C@@H]4CC[C@H]43)c2O1. The summed E-state index contributed by atoms with van der Waals surface area (Å²) >= 11 is 12.7. The molecule has 8 rings (SSSR count). The summed E-state index contributed by atoms with van der Waals surface area (Å²) in [5.41, 5.74) is 3.00. The van der Waals surface area contributed by atoms with Gasteiger partial charge in [-0.2, -0.15) is 5.26 Å². The maximum atomic E-state index is 11.9. The summed E-state index contributed by atoms with van der Waals surface area (Å²) in [6, 6.07) is 15.7. The van der Waals surface area contributed by atoms with Gasteiger partial charge in [-0.3, -0.25) is 9.88 Å². The molecule has 4 heterocycles. The summed E-state index contributed by atoms with van der Waals surface area (Å²) in [4.78, 5) is 26.3. The number of hydrogen-bond acceptors (Lipinski definition) is 8. The van der Waals surface area contributed by atoms with Crippen molar-refractivity contribution >= 4 is 45.9 Å². The van der Waals surface area contributed by atoms with Crippen molar-refractivity contribution in [2.75, 3.05) is 18.0 Å². The lowest BCUT2D eigenvalue weighted by atomic mass is 9.81. The molecule has 4 aliphatic rings. The number of para-hydroxylation sites is 1. The van der Waals surface area contributed by atoms with Gasteiger partial charge < -0.3 is 24.0 Å². The van der Waals surface area contributed by atoms with Crippen LogP contribution in [-0.4, -0.2) is 55.7 Å². The van der Waals surface area contributed by atoms with Gasteiger partial charge >= 0.3 is 5.97 Å². The number of ether oxygens (including phenoxy) is 2. The third-order valence-corrected chi connectivity index (χ3v) is 10.7. The van der Waals surface area contributed by atoms with Gasteiger partial charge in [0.1, 0.15) is 17.0 Å². The van der Waals surface area contributed by atoms with Crippen molar-refractivity contribution in [3.05, 3.63) is 75.8 Å². The predicted octanol–water partition coefficient (Wildman–Crippen LogP) is 6.63. The van der Waals surface area contributed by atoms with E-state index in [2.05, 4.69) is 31.5 Å². The number of nitrogens with zero attached hydrogens (tertiary/aromatic N) is 6. The number of hydrogen-bond donors (Lipinski definition) is 1. The Morgan fingerprint density at radius 1 is 1.13 bits per heavy atom. The van der Waals surface area contributed by atoms with Crippen LogP contribution in [0.25, 0.3) is 11.0 Å². The number of nitriles is 1. The lowest BCUT2D eigenvalue weighted by Gasteiger charge is -2.54. The zero-order valence-corrected chi connectivity index (χ0v) is 26.8. The highest BCUT2D eigenvalue weighted by Gasteiger charge is 2.48. The highest BCUT2D eigenvalue weighted by Crippen LogP contribution is 2.52. The molecule has 2 saturated carbocycles. The fourth-order valence-electron chi connectivity index (χ4n) is 7.31. The topological polar surface area (TPSA) is 117 Å². The number of carboxylic acid groups (broad SMARTS) is 1. The van der Waals surface area contributed by atoms with Crippen molar-refractivity contribution in [3.8, 4) is 17.6 Å². The zero-order valence-electron chi connectivity index (χ0n) is 25.2. The van der Waals surface area contributed by atoms with Crippen molar-refractivity contribution in [1.82, 2.24) is 19.4 Å². The van der Waals surface area contributed by atoms with E-state index in [9.17, 15) is 15.2 Å². The standard InChI is InChI=1S/C34H32Cl2N6O4/c1-33(28-8-5-21(35)17-38-28)45-27-4-2-3-25(31(27)46-33)41-14-13-40(23-6-7-24(23)41)18-29-39-30-22(36)15-20(32(43)44)16-26(30)42(29)19-34(9-10-34)11-12-37/h2-5,8,15-17,23-24H,6-7,9-11,13-14,18-19H2,1H3,(H,43,44)/t23-,24-,33-/m1/s1. The third-order valence-electron chi connectivity index (χ3n) is 10.1. The molecule has 0 unspecified atom stereocenters. The Kier molecular flexibility index (Phi) is 6.87. The van der Waals surface area contributed by atoms with Gasteiger partial charge in [0.15, 0.2) is 11.5 Å². The van der Waals surface area contributed by atoms with Gasteiger partial charge in [-0.25, -0.2) is 9.78 Å². The van der Waals surface area contributed by atoms with E-state index in [0.717, 1.165) is 56.0 Å². The summed E-state index contributed by atoms with van der Waals surface area (Å²) in [5.74, 6) is 0.170. The average Bonchev–Trinajstić information content (AvgIpc) is 3.54. The second kappa shape index (κ2) is 10.8. The molecule has 1 saturated heterocycles. The molecule has 1 N–H and O–H groups in total. The molecule has 0 bridgehead atoms. The second-order valence-electron chi connectivity index (χ2n) is 13.1. The molecule has 2 aromatic carbocycles. The number of carbonyl (C=O) groups is 1. The number of anilines is 1. The summed E-state index contributed by atoms with van der Waals surface area (Å²) in [7, 11) is 0. The normalized spacial score (nSPS) is 24.3. The lowest BCUT2D eigenvalue weighted by Crippen LogP contribution is -2.64. The van der Waals surface area contributed by atoms with Crippen molar-refractivity contribution in [3.63, 3.8) is 0 Å². The first-order valence-corrected chi connectivity index (χ1v) is 16.4. The monoisotopic (exact) mass is 658 g/mol. The first-order valence-electron chi connectivity index (χ1n) is 15.6. The Bertz CT molecular complexity index is 1920. The molecule has 0 spiro atoms. The van der Waals surface area contributed by atoms with Crippen molar-refractivity contribution in [1.29, 1.82) is 5.26 Å². The lowest BCUT2D eigenvalue weighted by molar-refractivity contribution is -0.0717. The van der Waals surface area contributed by atoms with Crippen LogP contribution in [0.15, 0.2) is 48.7 Å². The Balaban J connectivity index is 1.07. The molecule has 10 nitrogen and oxygen atoms in total. The van der Waals surface area contributed by atoms with Gasteiger partial charge in [-0.05, 0) is 62.1 Å². The first kappa shape index (κ1) is 29.4. The second-order valence-corrected chi connectivity index (χ2v) is 13.9. The molecule has 2 aliphatic heterocycles. The molecular weight excluding hydrogens is 627 g/mol. The van der Waals surface area contributed by atoms with E-state index in [1.54, 1.807) is 18.3 Å². The molecule has 4 aromatic rings. The van der Waals surface area contributed by atoms with Crippen LogP contribution in [0.3, 0.4) is 0 Å². The summed E-state index contributed by atoms with van der Waals surface area (Å²) < 4.78 is 15.0. The van der Waals surface area contributed by atoms with E-state index >= 15 is 0 Å². The Labute approximate surface area is 276 Å². The number of imidazole rings is 1. The molecule has 46 heavy (non-hydrogen) atoms. The van der Waals surface area contributed by atoms with Gasteiger partial charge in [-0.15, -0.1) is 0 Å². The summed E-state index contributed by atoms with van der Waals surface area (Å²) in [5, 5.41) is 20.1. The van der Waals surface area contributed by atoms with E-state index in [1.807, 2.05) is 25.1 Å². The maximum absolute atomic E-state index is 11.9. The van der Waals surface area contributed by atoms with Crippen LogP contribution in [0.4, 0.5) is 5.69 Å². The molecule has 3 atom stereocenters. The van der Waals surface area contributed by atoms with Gasteiger partial charge in [0.25, 0.3) is 5.79 Å². The molecule has 2 aliphatic carbocycles. The van der Waals surface area contributed by atoms with Crippen LogP contribution in [0.5, 0.6) is 11.5 Å². The number of benzene rings is 2. The van der Waals surface area contributed by atoms with E-state index in [1.165, 1.54) is 6.07 Å². The molecule has 236 valence electrons. The van der Waals surface area contributed by atoms with Crippen LogP contribution in [0.1, 0.15) is 60.9 Å². The van der Waals surface area contributed by atoms with Crippen LogP contribution in [-0.2, 0) is 18.9 Å². The van der Waals surface area contributed by atoms with Crippen molar-refractivity contribution < 1.29 is 19.4 Å². The van der Waals surface area contributed by atoms with Gasteiger partial charge in [0.2, 0.25) is 0 Å². The fraction of sp³-hybridized carbons (Fsp3) is 0.412. The first-order chi connectivity index (χ1) is 22.2. The number of rotatable bonds is 8. The zero-order chi connectivity index (χ0) is 31.8. The van der Waals surface area contributed by atoms with Crippen molar-refractivity contribution in [2.24, 2.45) is 5.41 Å². The molecule has 3 fully saturated rings. The minimum Gasteiger partial charge on any atom is -0.478 e. The number of piperazine rings is 1. The Morgan fingerprint density at radius 3 is 2.65 bits per heavy atom. The van der Waals surface area contributed by atoms with E-state index in [-0.39, 0.29) is 17.0 Å². The van der Waals surface area contributed by atoms with Crippen LogP contribution in [0, 0.1) is 16.7 Å². The highest BCUT2D eigenvalue weighted by molar-refractivity contribution is 6.35. The predicted molar refractivity (Wildman–Crippen MR) is 172 cm³/mol. The number of halogens is 2. The van der Waals surface area contributed by atoms with E-state index < -0.39 is 11.8 Å². The maximum Gasteiger partial charge on any atom is 0.335 e. The minimum atomic E-state index is -1.06. The fourth-order valence-corrected chi connectivity index (χ4v) is 7.68. The number of pyridine rings is 1. The van der Waals surface area contributed by atoms with Gasteiger partial charge in [0.05, 0.1) is 39.4 Å². The Morgan fingerprint density at radius 2 is 1.96 bits per heavy atom. The molecule has 0 radical (unpaired) electrons. The van der Waals surface area contributed by atoms with E-state index in [4.69, 9.17) is 37.7 Å².